The van der Waals surface area contributed by atoms with Crippen LogP contribution < -0.4 is 4.90 Å². The van der Waals surface area contributed by atoms with Crippen LogP contribution in [0.15, 0.2) is 24.3 Å². The Hall–Kier alpha value is -1.86. The fraction of sp³-hybridized carbons (Fsp3) is 0.611. The molecule has 2 aromatic rings. The maximum atomic E-state index is 13.4. The van der Waals surface area contributed by atoms with Crippen LogP contribution in [0.2, 0.25) is 0 Å². The summed E-state index contributed by atoms with van der Waals surface area (Å²) in [4.78, 5) is 1.31. The molecule has 0 bridgehead atoms. The van der Waals surface area contributed by atoms with Crippen molar-refractivity contribution in [3.05, 3.63) is 41.5 Å². The molecule has 0 unspecified atom stereocenters. The first-order chi connectivity index (χ1) is 11.9. The highest BCUT2D eigenvalue weighted by molar-refractivity contribution is 5.23. The number of piperidine rings is 1. The van der Waals surface area contributed by atoms with Crippen LogP contribution >= 0.6 is 0 Å². The Bertz CT molecular complexity index is 692. The number of hydrogen-bond donors (Lipinski definition) is 2. The predicted molar refractivity (Wildman–Crippen MR) is 91.6 cm³/mol. The summed E-state index contributed by atoms with van der Waals surface area (Å²) >= 11 is 0. The summed E-state index contributed by atoms with van der Waals surface area (Å²) in [6.45, 7) is 8.02. The van der Waals surface area contributed by atoms with Gasteiger partial charge in [-0.1, -0.05) is 6.92 Å². The van der Waals surface area contributed by atoms with E-state index >= 15 is 0 Å². The van der Waals surface area contributed by atoms with E-state index in [0.29, 0.717) is 0 Å². The highest BCUT2D eigenvalue weighted by Gasteiger charge is 2.37. The number of likely N-dealkylation sites (tertiary alicyclic amines) is 1. The molecule has 2 heterocycles. The van der Waals surface area contributed by atoms with Crippen LogP contribution in [0, 0.1) is 5.82 Å². The number of benzene rings is 1. The number of quaternary nitrogens is 1. The van der Waals surface area contributed by atoms with Crippen LogP contribution in [-0.4, -0.2) is 44.5 Å². The molecule has 0 radical (unpaired) electrons. The molecule has 1 fully saturated rings. The molecule has 1 saturated heterocycles. The third-order valence-electron chi connectivity index (χ3n) is 5.40. The molecule has 3 rings (SSSR count). The zero-order chi connectivity index (χ0) is 18.0. The molecule has 0 saturated carbocycles. The van der Waals surface area contributed by atoms with Crippen molar-refractivity contribution in [1.29, 1.82) is 0 Å². The van der Waals surface area contributed by atoms with Gasteiger partial charge in [0, 0.05) is 18.4 Å². The van der Waals surface area contributed by atoms with Gasteiger partial charge in [-0.05, 0) is 55.0 Å². The van der Waals surface area contributed by atoms with E-state index in [2.05, 4.69) is 36.3 Å². The molecule has 1 aliphatic rings. The van der Waals surface area contributed by atoms with Crippen molar-refractivity contribution in [2.45, 2.75) is 57.7 Å². The average Bonchev–Trinajstić information content (AvgIpc) is 3.09. The molecule has 2 N–H and O–H groups in total. The molecule has 0 amide bonds. The van der Waals surface area contributed by atoms with E-state index in [1.165, 1.54) is 17.0 Å². The number of aliphatic hydroxyl groups excluding tert-OH is 1. The third-order valence-corrected chi connectivity index (χ3v) is 5.40. The highest BCUT2D eigenvalue weighted by Crippen LogP contribution is 2.25. The molecule has 25 heavy (non-hydrogen) atoms. The lowest BCUT2D eigenvalue weighted by molar-refractivity contribution is -0.932. The first-order valence-corrected chi connectivity index (χ1v) is 8.99. The maximum absolute atomic E-state index is 13.4. The minimum atomic E-state index is -0.250. The number of halogens is 1. The van der Waals surface area contributed by atoms with Gasteiger partial charge in [0.25, 0.3) is 0 Å². The topological polar surface area (TPSA) is 68.3 Å². The summed E-state index contributed by atoms with van der Waals surface area (Å²) < 4.78 is 15.3. The van der Waals surface area contributed by atoms with Crippen LogP contribution in [0.1, 0.15) is 57.5 Å². The number of nitrogens with zero attached hydrogens (tertiary/aromatic N) is 4. The zero-order valence-electron chi connectivity index (χ0n) is 15.1. The molecule has 0 spiro atoms. The molecular weight excluding hydrogens is 321 g/mol. The van der Waals surface area contributed by atoms with Gasteiger partial charge in [-0.2, -0.15) is 0 Å². The maximum Gasteiger partial charge on any atom is 0.214 e. The first kappa shape index (κ1) is 17.9. The zero-order valence-corrected chi connectivity index (χ0v) is 15.1. The van der Waals surface area contributed by atoms with Crippen molar-refractivity contribution in [2.75, 3.05) is 13.1 Å². The Kier molecular flexibility index (Phi) is 5.15. The third kappa shape index (κ3) is 3.72. The van der Waals surface area contributed by atoms with Gasteiger partial charge >= 0.3 is 0 Å². The van der Waals surface area contributed by atoms with Gasteiger partial charge in [0.2, 0.25) is 5.82 Å². The van der Waals surface area contributed by atoms with Gasteiger partial charge in [-0.15, -0.1) is 5.10 Å². The number of nitrogens with one attached hydrogen (secondary N) is 1. The number of hydrogen-bond acceptors (Lipinski definition) is 4. The second kappa shape index (κ2) is 7.17. The van der Waals surface area contributed by atoms with E-state index in [1.54, 1.807) is 0 Å². The first-order valence-electron chi connectivity index (χ1n) is 8.99. The fourth-order valence-corrected chi connectivity index (χ4v) is 3.44. The van der Waals surface area contributed by atoms with Crippen molar-refractivity contribution in [3.63, 3.8) is 0 Å². The average molecular weight is 348 g/mol. The summed E-state index contributed by atoms with van der Waals surface area (Å²) in [7, 11) is 0. The number of rotatable bonds is 5. The van der Waals surface area contributed by atoms with E-state index in [4.69, 9.17) is 0 Å². The van der Waals surface area contributed by atoms with Crippen molar-refractivity contribution in [1.82, 2.24) is 20.2 Å². The van der Waals surface area contributed by atoms with Gasteiger partial charge in [0.15, 0.2) is 6.04 Å². The van der Waals surface area contributed by atoms with Crippen LogP contribution in [0.4, 0.5) is 4.39 Å². The van der Waals surface area contributed by atoms with Gasteiger partial charge in [0.1, 0.15) is 5.82 Å². The Morgan fingerprint density at radius 2 is 1.92 bits per heavy atom. The Balaban J connectivity index is 2.03. The monoisotopic (exact) mass is 348 g/mol. The van der Waals surface area contributed by atoms with Crippen molar-refractivity contribution in [3.8, 4) is 0 Å². The van der Waals surface area contributed by atoms with Crippen molar-refractivity contribution in [2.24, 2.45) is 0 Å². The lowest BCUT2D eigenvalue weighted by atomic mass is 9.97. The van der Waals surface area contributed by atoms with Crippen LogP contribution in [0.25, 0.3) is 0 Å². The SMILES string of the molecule is CCC(C)(C)n1nnnc1[C@H](c1ccc(F)cc1)[NH+]1CCC(O)CC1. The summed E-state index contributed by atoms with van der Waals surface area (Å²) in [6, 6.07) is 6.53. The standard InChI is InChI=1S/C18H26FN5O/c1-4-18(2,3)24-17(20-21-22-24)16(13-5-7-14(19)8-6-13)23-11-9-15(25)10-12-23/h5-8,15-16,25H,4,9-12H2,1-3H3/p+1/t16-/m0/s1. The van der Waals surface area contributed by atoms with Gasteiger partial charge in [-0.25, -0.2) is 9.07 Å². The van der Waals surface area contributed by atoms with Gasteiger partial charge in [-0.3, -0.25) is 0 Å². The van der Waals surface area contributed by atoms with Gasteiger partial charge in [0.05, 0.1) is 24.7 Å². The van der Waals surface area contributed by atoms with Crippen LogP contribution in [0.5, 0.6) is 0 Å². The number of aromatic nitrogens is 4. The lowest BCUT2D eigenvalue weighted by Crippen LogP contribution is -3.13. The Labute approximate surface area is 147 Å². The van der Waals surface area contributed by atoms with E-state index in [1.807, 2.05) is 16.8 Å². The molecule has 1 aromatic heterocycles. The number of aliphatic hydroxyl groups is 1. The normalized spacial score (nSPS) is 22.8. The van der Waals surface area contributed by atoms with E-state index in [0.717, 1.165) is 43.7 Å². The molecule has 1 atom stereocenters. The predicted octanol–water partition coefficient (Wildman–Crippen LogP) is 1.09. The second-order valence-corrected chi connectivity index (χ2v) is 7.49. The number of tetrazole rings is 1. The molecular formula is C18H27FN5O+. The molecule has 136 valence electrons. The minimum absolute atomic E-state index is 0.0751. The van der Waals surface area contributed by atoms with E-state index in [-0.39, 0.29) is 23.5 Å². The molecule has 7 heteroatoms. The smallest absolute Gasteiger partial charge is 0.214 e. The summed E-state index contributed by atoms with van der Waals surface area (Å²) in [5.41, 5.74) is 0.794. The van der Waals surface area contributed by atoms with E-state index in [9.17, 15) is 9.50 Å². The lowest BCUT2D eigenvalue weighted by Gasteiger charge is -2.34. The summed E-state index contributed by atoms with van der Waals surface area (Å²) in [6.07, 6.45) is 2.17. The molecule has 6 nitrogen and oxygen atoms in total. The fourth-order valence-electron chi connectivity index (χ4n) is 3.44. The summed E-state index contributed by atoms with van der Waals surface area (Å²) in [5, 5.41) is 22.4. The highest BCUT2D eigenvalue weighted by atomic mass is 19.1. The Morgan fingerprint density at radius 1 is 1.28 bits per heavy atom. The summed E-state index contributed by atoms with van der Waals surface area (Å²) in [5.74, 6) is 0.546. The Morgan fingerprint density at radius 3 is 2.52 bits per heavy atom. The minimum Gasteiger partial charge on any atom is -0.393 e. The van der Waals surface area contributed by atoms with Crippen molar-refractivity contribution < 1.29 is 14.4 Å². The van der Waals surface area contributed by atoms with Crippen LogP contribution in [-0.2, 0) is 5.54 Å². The second-order valence-electron chi connectivity index (χ2n) is 7.49. The van der Waals surface area contributed by atoms with Gasteiger partial charge < -0.3 is 10.0 Å². The van der Waals surface area contributed by atoms with Crippen molar-refractivity contribution >= 4 is 0 Å². The largest absolute Gasteiger partial charge is 0.393 e. The molecule has 1 aromatic carbocycles. The quantitative estimate of drug-likeness (QED) is 0.849. The molecule has 0 aliphatic carbocycles. The van der Waals surface area contributed by atoms with Crippen LogP contribution in [0.3, 0.4) is 0 Å². The van der Waals surface area contributed by atoms with E-state index < -0.39 is 0 Å². The molecule has 1 aliphatic heterocycles.